The summed E-state index contributed by atoms with van der Waals surface area (Å²) < 4.78 is 15.7. The smallest absolute Gasteiger partial charge is 0.335 e. The first-order valence-electron chi connectivity index (χ1n) is 13.9. The molecular formula is C28H44N6O5Si2. The standard InChI is InChI=1S/C28H44N6O5Si2/c1-40(2,3)17-15-38-21-32-13-11-29-25(32)19-34(28(37)31-24-9-7-23(8-10-24)27(35)36)20-26-30-12-14-33(26)22-39-16-18-41(4,5)6/h7-14H,15-22H2,1-6H3,(H,31,37)(H,35,36). The monoisotopic (exact) mass is 600 g/mol. The van der Waals surface area contributed by atoms with Crippen molar-refractivity contribution in [3.05, 3.63) is 66.3 Å². The fourth-order valence-electron chi connectivity index (χ4n) is 3.74. The van der Waals surface area contributed by atoms with Crippen molar-refractivity contribution in [1.29, 1.82) is 0 Å². The molecule has 11 nitrogen and oxygen atoms in total. The molecule has 2 N–H and O–H groups in total. The van der Waals surface area contributed by atoms with Crippen molar-refractivity contribution >= 4 is 33.8 Å². The number of imidazole rings is 2. The zero-order valence-electron chi connectivity index (χ0n) is 25.1. The summed E-state index contributed by atoms with van der Waals surface area (Å²) in [5, 5.41) is 12.1. The molecule has 2 heterocycles. The maximum atomic E-state index is 13.5. The first-order valence-corrected chi connectivity index (χ1v) is 21.3. The van der Waals surface area contributed by atoms with Crippen LogP contribution in [-0.2, 0) is 36.0 Å². The summed E-state index contributed by atoms with van der Waals surface area (Å²) in [6.07, 6.45) is 7.09. The van der Waals surface area contributed by atoms with E-state index in [1.807, 2.05) is 21.5 Å². The van der Waals surface area contributed by atoms with Crippen LogP contribution in [0.15, 0.2) is 49.1 Å². The van der Waals surface area contributed by atoms with Crippen LogP contribution < -0.4 is 5.32 Å². The van der Waals surface area contributed by atoms with Crippen molar-refractivity contribution in [2.75, 3.05) is 18.5 Å². The molecule has 3 aromatic rings. The van der Waals surface area contributed by atoms with Gasteiger partial charge in [-0.25, -0.2) is 19.6 Å². The molecule has 0 saturated heterocycles. The van der Waals surface area contributed by atoms with E-state index in [0.717, 1.165) is 12.1 Å². The number of aromatic nitrogens is 4. The van der Waals surface area contributed by atoms with E-state index < -0.39 is 22.1 Å². The normalized spacial score (nSPS) is 12.0. The second-order valence-corrected chi connectivity index (χ2v) is 23.7. The number of carbonyl (C=O) groups excluding carboxylic acids is 1. The molecule has 2 aromatic heterocycles. The Morgan fingerprint density at radius 1 is 0.829 bits per heavy atom. The second kappa shape index (κ2) is 14.6. The Labute approximate surface area is 244 Å². The maximum absolute atomic E-state index is 13.5. The zero-order valence-corrected chi connectivity index (χ0v) is 27.1. The van der Waals surface area contributed by atoms with E-state index in [9.17, 15) is 14.7 Å². The molecule has 0 radical (unpaired) electrons. The van der Waals surface area contributed by atoms with Crippen molar-refractivity contribution in [1.82, 2.24) is 24.0 Å². The van der Waals surface area contributed by atoms with Gasteiger partial charge in [-0.2, -0.15) is 0 Å². The predicted octanol–water partition coefficient (Wildman–Crippen LogP) is 5.64. The average molecular weight is 601 g/mol. The Bertz CT molecular complexity index is 1200. The van der Waals surface area contributed by atoms with Crippen LogP contribution >= 0.6 is 0 Å². The molecule has 0 spiro atoms. The fourth-order valence-corrected chi connectivity index (χ4v) is 5.25. The molecule has 0 aliphatic rings. The van der Waals surface area contributed by atoms with Crippen molar-refractivity contribution in [3.63, 3.8) is 0 Å². The number of urea groups is 1. The van der Waals surface area contributed by atoms with Gasteiger partial charge in [-0.1, -0.05) is 39.3 Å². The summed E-state index contributed by atoms with van der Waals surface area (Å²) >= 11 is 0. The number of carbonyl (C=O) groups is 2. The number of anilines is 1. The largest absolute Gasteiger partial charge is 0.478 e. The van der Waals surface area contributed by atoms with Gasteiger partial charge in [-0.3, -0.25) is 0 Å². The second-order valence-electron chi connectivity index (χ2n) is 12.5. The number of ether oxygens (including phenoxy) is 2. The topological polar surface area (TPSA) is 124 Å². The highest BCUT2D eigenvalue weighted by Crippen LogP contribution is 2.15. The Morgan fingerprint density at radius 2 is 1.29 bits per heavy atom. The molecular weight excluding hydrogens is 557 g/mol. The van der Waals surface area contributed by atoms with Gasteiger partial charge in [-0.15, -0.1) is 0 Å². The van der Waals surface area contributed by atoms with Crippen LogP contribution in [0.5, 0.6) is 0 Å². The molecule has 0 atom stereocenters. The number of carboxylic acids is 1. The van der Waals surface area contributed by atoms with Gasteiger partial charge in [0.15, 0.2) is 0 Å². The summed E-state index contributed by atoms with van der Waals surface area (Å²) in [4.78, 5) is 35.3. The van der Waals surface area contributed by atoms with E-state index in [2.05, 4.69) is 54.6 Å². The van der Waals surface area contributed by atoms with Crippen LogP contribution in [0.1, 0.15) is 22.0 Å². The summed E-state index contributed by atoms with van der Waals surface area (Å²) in [6.45, 7) is 16.4. The number of amides is 2. The van der Waals surface area contributed by atoms with E-state index in [4.69, 9.17) is 9.47 Å². The Hall–Kier alpha value is -3.27. The number of carboxylic acid groups (broad SMARTS) is 1. The molecule has 0 fully saturated rings. The van der Waals surface area contributed by atoms with Crippen molar-refractivity contribution in [3.8, 4) is 0 Å². The van der Waals surface area contributed by atoms with Gasteiger partial charge in [0, 0.05) is 59.8 Å². The molecule has 0 aliphatic carbocycles. The molecule has 0 saturated carbocycles. The SMILES string of the molecule is C[Si](C)(C)CCOCn1ccnc1CN(Cc1nccn1COCC[Si](C)(C)C)C(=O)Nc1ccc(C(=O)O)cc1. The number of nitrogens with zero attached hydrogens (tertiary/aromatic N) is 5. The zero-order chi connectivity index (χ0) is 30.0. The number of nitrogens with one attached hydrogen (secondary N) is 1. The van der Waals surface area contributed by atoms with E-state index >= 15 is 0 Å². The first kappa shape index (κ1) is 32.3. The minimum Gasteiger partial charge on any atom is -0.478 e. The number of hydrogen-bond acceptors (Lipinski definition) is 6. The molecule has 3 rings (SSSR count). The average Bonchev–Trinajstić information content (AvgIpc) is 3.52. The molecule has 1 aromatic carbocycles. The maximum Gasteiger partial charge on any atom is 0.335 e. The lowest BCUT2D eigenvalue weighted by Crippen LogP contribution is -2.36. The van der Waals surface area contributed by atoms with E-state index in [1.54, 1.807) is 29.4 Å². The molecule has 13 heteroatoms. The van der Waals surface area contributed by atoms with Crippen LogP contribution in [0, 0.1) is 0 Å². The lowest BCUT2D eigenvalue weighted by Gasteiger charge is -2.24. The van der Waals surface area contributed by atoms with Crippen LogP contribution in [0.3, 0.4) is 0 Å². The Morgan fingerprint density at radius 3 is 1.71 bits per heavy atom. The Balaban J connectivity index is 1.73. The van der Waals surface area contributed by atoms with Gasteiger partial charge in [0.05, 0.1) is 18.7 Å². The van der Waals surface area contributed by atoms with Crippen molar-refractivity contribution in [2.24, 2.45) is 0 Å². The number of aromatic carboxylic acids is 1. The fraction of sp³-hybridized carbons (Fsp3) is 0.500. The van der Waals surface area contributed by atoms with Gasteiger partial charge in [0.2, 0.25) is 0 Å². The highest BCUT2D eigenvalue weighted by atomic mass is 28.3. The van der Waals surface area contributed by atoms with E-state index in [0.29, 0.717) is 44.0 Å². The molecule has 0 unspecified atom stereocenters. The molecule has 2 amide bonds. The lowest BCUT2D eigenvalue weighted by molar-refractivity contribution is 0.0696. The first-order chi connectivity index (χ1) is 19.3. The van der Waals surface area contributed by atoms with Gasteiger partial charge < -0.3 is 33.9 Å². The van der Waals surface area contributed by atoms with Crippen LogP contribution in [0.4, 0.5) is 10.5 Å². The minimum atomic E-state index is -1.21. The van der Waals surface area contributed by atoms with Gasteiger partial charge >= 0.3 is 12.0 Å². The lowest BCUT2D eigenvalue weighted by atomic mass is 10.2. The third kappa shape index (κ3) is 11.3. The highest BCUT2D eigenvalue weighted by molar-refractivity contribution is 6.76. The van der Waals surface area contributed by atoms with E-state index in [1.165, 1.54) is 12.1 Å². The number of benzene rings is 1. The molecule has 41 heavy (non-hydrogen) atoms. The van der Waals surface area contributed by atoms with Crippen LogP contribution in [0.2, 0.25) is 51.4 Å². The number of rotatable bonds is 16. The summed E-state index contributed by atoms with van der Waals surface area (Å²) in [5.74, 6) is 0.333. The molecule has 224 valence electrons. The summed E-state index contributed by atoms with van der Waals surface area (Å²) in [6, 6.07) is 7.81. The highest BCUT2D eigenvalue weighted by Gasteiger charge is 2.21. The third-order valence-corrected chi connectivity index (χ3v) is 9.80. The Kier molecular flexibility index (Phi) is 11.5. The van der Waals surface area contributed by atoms with Gasteiger partial charge in [0.1, 0.15) is 25.1 Å². The molecule has 0 bridgehead atoms. The van der Waals surface area contributed by atoms with E-state index in [-0.39, 0.29) is 24.7 Å². The minimum absolute atomic E-state index is 0.146. The number of hydrogen-bond donors (Lipinski definition) is 2. The van der Waals surface area contributed by atoms with Crippen molar-refractivity contribution in [2.45, 2.75) is 77.9 Å². The van der Waals surface area contributed by atoms with Crippen LogP contribution in [0.25, 0.3) is 0 Å². The van der Waals surface area contributed by atoms with Gasteiger partial charge in [0.25, 0.3) is 0 Å². The summed E-state index contributed by atoms with van der Waals surface area (Å²) in [5.41, 5.74) is 0.633. The predicted molar refractivity (Wildman–Crippen MR) is 164 cm³/mol. The van der Waals surface area contributed by atoms with Gasteiger partial charge in [-0.05, 0) is 36.4 Å². The molecule has 0 aliphatic heterocycles. The quantitative estimate of drug-likeness (QED) is 0.161. The van der Waals surface area contributed by atoms with Crippen molar-refractivity contribution < 1.29 is 24.2 Å². The summed E-state index contributed by atoms with van der Waals surface area (Å²) in [7, 11) is -2.41. The third-order valence-electron chi connectivity index (χ3n) is 6.39. The van der Waals surface area contributed by atoms with Crippen LogP contribution in [-0.4, -0.2) is 70.5 Å².